The smallest absolute Gasteiger partial charge is 0.339 e. The van der Waals surface area contributed by atoms with Gasteiger partial charge in [-0.15, -0.1) is 0 Å². The van der Waals surface area contributed by atoms with Crippen molar-refractivity contribution in [2.24, 2.45) is 0 Å². The summed E-state index contributed by atoms with van der Waals surface area (Å²) in [6.45, 7) is 5.49. The minimum absolute atomic E-state index is 0.305. The molecule has 1 unspecified atom stereocenters. The molecule has 0 spiro atoms. The third-order valence-corrected chi connectivity index (χ3v) is 4.80. The van der Waals surface area contributed by atoms with Crippen LogP contribution >= 0.6 is 0 Å². The van der Waals surface area contributed by atoms with E-state index in [0.29, 0.717) is 17.3 Å². The molecule has 0 fully saturated rings. The van der Waals surface area contributed by atoms with Gasteiger partial charge in [0.2, 0.25) is 0 Å². The molecule has 6 nitrogen and oxygen atoms in total. The van der Waals surface area contributed by atoms with Crippen LogP contribution in [0.15, 0.2) is 22.7 Å². The molecule has 3 aromatic rings. The van der Waals surface area contributed by atoms with Crippen LogP contribution in [-0.2, 0) is 17.6 Å². The molecule has 0 bridgehead atoms. The second-order valence-corrected chi connectivity index (χ2v) is 6.87. The van der Waals surface area contributed by atoms with Crippen LogP contribution in [0, 0.1) is 13.8 Å². The summed E-state index contributed by atoms with van der Waals surface area (Å²) in [5, 5.41) is 4.61. The van der Waals surface area contributed by atoms with Gasteiger partial charge in [-0.2, -0.15) is 4.98 Å². The Morgan fingerprint density at radius 1 is 1.19 bits per heavy atom. The van der Waals surface area contributed by atoms with Gasteiger partial charge in [0.25, 0.3) is 5.89 Å². The van der Waals surface area contributed by atoms with Gasteiger partial charge in [0.05, 0.1) is 11.1 Å². The van der Waals surface area contributed by atoms with Crippen molar-refractivity contribution in [2.45, 2.75) is 52.6 Å². The van der Waals surface area contributed by atoms with E-state index < -0.39 is 6.10 Å². The summed E-state index contributed by atoms with van der Waals surface area (Å²) in [4.78, 5) is 22.0. The monoisotopic (exact) mass is 351 g/mol. The standard InChI is InChI=1S/C20H21N3O3/c1-11-8-9-17-15(10-11)18(14-6-4-5-7-16(14)22-17)20(24)25-12(2)19-21-13(3)23-26-19/h8-10,12H,4-7H2,1-3H3. The van der Waals surface area contributed by atoms with E-state index in [2.05, 4.69) is 10.1 Å². The van der Waals surface area contributed by atoms with Crippen molar-refractivity contribution in [3.63, 3.8) is 0 Å². The fraction of sp³-hybridized carbons (Fsp3) is 0.400. The predicted molar refractivity (Wildman–Crippen MR) is 96.0 cm³/mol. The molecule has 0 saturated heterocycles. The Hall–Kier alpha value is -2.76. The number of ether oxygens (including phenoxy) is 1. The van der Waals surface area contributed by atoms with Gasteiger partial charge in [-0.1, -0.05) is 16.8 Å². The highest BCUT2D eigenvalue weighted by molar-refractivity contribution is 6.05. The van der Waals surface area contributed by atoms with Crippen LogP contribution in [0.5, 0.6) is 0 Å². The number of rotatable bonds is 3. The lowest BCUT2D eigenvalue weighted by molar-refractivity contribution is 0.0266. The van der Waals surface area contributed by atoms with Crippen molar-refractivity contribution < 1.29 is 14.1 Å². The van der Waals surface area contributed by atoms with Crippen LogP contribution < -0.4 is 0 Å². The van der Waals surface area contributed by atoms with Crippen LogP contribution in [-0.4, -0.2) is 21.1 Å². The predicted octanol–water partition coefficient (Wildman–Crippen LogP) is 4.03. The molecular weight excluding hydrogens is 330 g/mol. The fourth-order valence-electron chi connectivity index (χ4n) is 3.52. The first-order chi connectivity index (χ1) is 12.5. The average molecular weight is 351 g/mol. The minimum Gasteiger partial charge on any atom is -0.449 e. The zero-order valence-electron chi connectivity index (χ0n) is 15.2. The number of fused-ring (bicyclic) bond motifs is 2. The van der Waals surface area contributed by atoms with Crippen molar-refractivity contribution in [2.75, 3.05) is 0 Å². The van der Waals surface area contributed by atoms with Crippen molar-refractivity contribution in [3.05, 3.63) is 52.3 Å². The summed E-state index contributed by atoms with van der Waals surface area (Å²) >= 11 is 0. The van der Waals surface area contributed by atoms with Gasteiger partial charge >= 0.3 is 5.97 Å². The van der Waals surface area contributed by atoms with Gasteiger partial charge in [-0.3, -0.25) is 4.98 Å². The topological polar surface area (TPSA) is 78.1 Å². The maximum absolute atomic E-state index is 13.1. The molecule has 1 aliphatic rings. The number of pyridine rings is 1. The van der Waals surface area contributed by atoms with Gasteiger partial charge in [0, 0.05) is 11.1 Å². The second-order valence-electron chi connectivity index (χ2n) is 6.87. The van der Waals surface area contributed by atoms with Crippen molar-refractivity contribution in [1.29, 1.82) is 0 Å². The molecule has 26 heavy (non-hydrogen) atoms. The lowest BCUT2D eigenvalue weighted by Crippen LogP contribution is -2.17. The van der Waals surface area contributed by atoms with Crippen molar-refractivity contribution in [1.82, 2.24) is 15.1 Å². The van der Waals surface area contributed by atoms with Gasteiger partial charge in [0.1, 0.15) is 0 Å². The van der Waals surface area contributed by atoms with E-state index in [-0.39, 0.29) is 5.97 Å². The van der Waals surface area contributed by atoms with Gasteiger partial charge in [0.15, 0.2) is 11.9 Å². The molecule has 1 aromatic carbocycles. The number of carbonyl (C=O) groups is 1. The Morgan fingerprint density at radius 3 is 2.77 bits per heavy atom. The molecule has 134 valence electrons. The molecule has 0 N–H and O–H groups in total. The summed E-state index contributed by atoms with van der Waals surface area (Å²) in [7, 11) is 0. The van der Waals surface area contributed by atoms with Crippen LogP contribution in [0.1, 0.15) is 64.8 Å². The van der Waals surface area contributed by atoms with Crippen LogP contribution in [0.4, 0.5) is 0 Å². The maximum atomic E-state index is 13.1. The maximum Gasteiger partial charge on any atom is 0.339 e. The molecule has 0 saturated carbocycles. The fourth-order valence-corrected chi connectivity index (χ4v) is 3.52. The first-order valence-corrected chi connectivity index (χ1v) is 8.96. The van der Waals surface area contributed by atoms with Crippen molar-refractivity contribution >= 4 is 16.9 Å². The minimum atomic E-state index is -0.601. The molecule has 2 aromatic heterocycles. The summed E-state index contributed by atoms with van der Waals surface area (Å²) in [6.07, 6.45) is 3.31. The quantitative estimate of drug-likeness (QED) is 0.663. The first-order valence-electron chi connectivity index (χ1n) is 8.96. The molecule has 1 aliphatic carbocycles. The number of benzene rings is 1. The van der Waals surface area contributed by atoms with E-state index >= 15 is 0 Å². The van der Waals surface area contributed by atoms with Gasteiger partial charge in [-0.25, -0.2) is 4.79 Å². The molecule has 6 heteroatoms. The lowest BCUT2D eigenvalue weighted by Gasteiger charge is -2.21. The molecule has 1 atom stereocenters. The van der Waals surface area contributed by atoms with Crippen LogP contribution in [0.3, 0.4) is 0 Å². The lowest BCUT2D eigenvalue weighted by atomic mass is 9.89. The molecule has 4 rings (SSSR count). The second kappa shape index (κ2) is 6.52. The number of aryl methyl sites for hydroxylation is 3. The largest absolute Gasteiger partial charge is 0.449 e. The summed E-state index contributed by atoms with van der Waals surface area (Å²) in [5.41, 5.74) is 4.60. The van der Waals surface area contributed by atoms with E-state index in [1.165, 1.54) is 0 Å². The summed E-state index contributed by atoms with van der Waals surface area (Å²) in [6, 6.07) is 6.00. The van der Waals surface area contributed by atoms with E-state index in [9.17, 15) is 4.79 Å². The summed E-state index contributed by atoms with van der Waals surface area (Å²) < 4.78 is 10.8. The van der Waals surface area contributed by atoms with E-state index in [1.807, 2.05) is 25.1 Å². The Bertz CT molecular complexity index is 993. The molecule has 0 radical (unpaired) electrons. The molecule has 0 amide bonds. The number of carbonyl (C=O) groups excluding carboxylic acids is 1. The Morgan fingerprint density at radius 2 is 2.00 bits per heavy atom. The highest BCUT2D eigenvalue weighted by Crippen LogP contribution is 2.31. The summed E-state index contributed by atoms with van der Waals surface area (Å²) in [5.74, 6) is 0.467. The average Bonchev–Trinajstić information content (AvgIpc) is 3.06. The van der Waals surface area contributed by atoms with Crippen LogP contribution in [0.25, 0.3) is 10.9 Å². The van der Waals surface area contributed by atoms with E-state index in [4.69, 9.17) is 14.2 Å². The number of hydrogen-bond acceptors (Lipinski definition) is 6. The number of aromatic nitrogens is 3. The molecule has 2 heterocycles. The number of nitrogens with zero attached hydrogens (tertiary/aromatic N) is 3. The van der Waals surface area contributed by atoms with Gasteiger partial charge in [-0.05, 0) is 64.2 Å². The third kappa shape index (κ3) is 2.96. The third-order valence-electron chi connectivity index (χ3n) is 4.80. The Balaban J connectivity index is 1.78. The number of hydrogen-bond donors (Lipinski definition) is 0. The molecule has 0 aliphatic heterocycles. The number of esters is 1. The van der Waals surface area contributed by atoms with Gasteiger partial charge < -0.3 is 9.26 Å². The van der Waals surface area contributed by atoms with Crippen molar-refractivity contribution in [3.8, 4) is 0 Å². The van der Waals surface area contributed by atoms with Crippen LogP contribution in [0.2, 0.25) is 0 Å². The molecular formula is C20H21N3O3. The zero-order chi connectivity index (χ0) is 18.3. The zero-order valence-corrected chi connectivity index (χ0v) is 15.2. The SMILES string of the molecule is Cc1ccc2nc3c(c(C(=O)OC(C)c4nc(C)no4)c2c1)CCCC3. The van der Waals surface area contributed by atoms with E-state index in [0.717, 1.165) is 53.4 Å². The van der Waals surface area contributed by atoms with E-state index in [1.54, 1.807) is 13.8 Å². The Labute approximate surface area is 151 Å². The highest BCUT2D eigenvalue weighted by atomic mass is 16.6. The first kappa shape index (κ1) is 16.7. The normalized spacial score (nSPS) is 14.9. The Kier molecular flexibility index (Phi) is 4.18. The highest BCUT2D eigenvalue weighted by Gasteiger charge is 2.26.